The van der Waals surface area contributed by atoms with Crippen molar-refractivity contribution < 1.29 is 9.84 Å². The molecule has 82 valence electrons. The Bertz CT molecular complexity index is 180. The highest BCUT2D eigenvalue weighted by Gasteiger charge is 2.15. The molecule has 1 rings (SSSR count). The number of hydrogen-bond donors (Lipinski definition) is 2. The molecule has 3 heteroatoms. The molecule has 0 bridgehead atoms. The highest BCUT2D eigenvalue weighted by molar-refractivity contribution is 4.84. The van der Waals surface area contributed by atoms with Gasteiger partial charge in [-0.3, -0.25) is 0 Å². The smallest absolute Gasteiger partial charge is 0.110 e. The van der Waals surface area contributed by atoms with E-state index in [4.69, 9.17) is 9.84 Å². The van der Waals surface area contributed by atoms with Crippen LogP contribution < -0.4 is 5.32 Å². The lowest BCUT2D eigenvalue weighted by molar-refractivity contribution is 0.109. The third-order valence-electron chi connectivity index (χ3n) is 2.63. The van der Waals surface area contributed by atoms with E-state index in [-0.39, 0.29) is 18.8 Å². The summed E-state index contributed by atoms with van der Waals surface area (Å²) in [5.41, 5.74) is 0. The van der Waals surface area contributed by atoms with E-state index in [9.17, 15) is 0 Å². The van der Waals surface area contributed by atoms with Crippen LogP contribution in [0.2, 0.25) is 0 Å². The minimum Gasteiger partial charge on any atom is -0.497 e. The van der Waals surface area contributed by atoms with Crippen LogP contribution in [0.1, 0.15) is 26.7 Å². The predicted octanol–water partition coefficient (Wildman–Crippen LogP) is 1.29. The number of nitrogens with one attached hydrogen (secondary N) is 1. The highest BCUT2D eigenvalue weighted by Crippen LogP contribution is 2.10. The van der Waals surface area contributed by atoms with Gasteiger partial charge in [-0.25, -0.2) is 0 Å². The summed E-state index contributed by atoms with van der Waals surface area (Å²) in [5, 5.41) is 12.4. The Morgan fingerprint density at radius 3 is 2.86 bits per heavy atom. The monoisotopic (exact) mass is 199 g/mol. The summed E-state index contributed by atoms with van der Waals surface area (Å²) in [4.78, 5) is 0. The predicted molar refractivity (Wildman–Crippen MR) is 57.0 cm³/mol. The molecule has 3 nitrogen and oxygen atoms in total. The largest absolute Gasteiger partial charge is 0.497 e. The van der Waals surface area contributed by atoms with Crippen LogP contribution >= 0.6 is 0 Å². The van der Waals surface area contributed by atoms with E-state index in [1.165, 1.54) is 0 Å². The van der Waals surface area contributed by atoms with Crippen LogP contribution in [0.3, 0.4) is 0 Å². The lowest BCUT2D eigenvalue weighted by Crippen LogP contribution is -2.41. The van der Waals surface area contributed by atoms with Gasteiger partial charge in [0, 0.05) is 12.6 Å². The molecular formula is C11H21NO2. The van der Waals surface area contributed by atoms with Crippen molar-refractivity contribution in [3.8, 4) is 0 Å². The van der Waals surface area contributed by atoms with Crippen molar-refractivity contribution in [2.75, 3.05) is 13.2 Å². The van der Waals surface area contributed by atoms with Gasteiger partial charge in [0.2, 0.25) is 0 Å². The van der Waals surface area contributed by atoms with Gasteiger partial charge in [0.25, 0.3) is 0 Å². The Morgan fingerprint density at radius 1 is 1.57 bits per heavy atom. The minimum absolute atomic E-state index is 0.185. The fourth-order valence-electron chi connectivity index (χ4n) is 1.53. The first-order valence-electron chi connectivity index (χ1n) is 5.38. The molecule has 0 radical (unpaired) electrons. The van der Waals surface area contributed by atoms with Crippen molar-refractivity contribution in [1.29, 1.82) is 0 Å². The lowest BCUT2D eigenvalue weighted by Gasteiger charge is -2.25. The van der Waals surface area contributed by atoms with Gasteiger partial charge < -0.3 is 15.2 Å². The van der Waals surface area contributed by atoms with Crippen LogP contribution in [0.5, 0.6) is 0 Å². The second-order valence-electron chi connectivity index (χ2n) is 4.15. The summed E-state index contributed by atoms with van der Waals surface area (Å²) in [6.45, 7) is 5.24. The number of hydrogen-bond acceptors (Lipinski definition) is 3. The number of ether oxygens (including phenoxy) is 1. The van der Waals surface area contributed by atoms with Crippen LogP contribution in [0, 0.1) is 5.92 Å². The van der Waals surface area contributed by atoms with Gasteiger partial charge in [-0.15, -0.1) is 0 Å². The van der Waals surface area contributed by atoms with E-state index in [1.54, 1.807) is 6.26 Å². The second-order valence-corrected chi connectivity index (χ2v) is 4.15. The molecular weight excluding hydrogens is 178 g/mol. The number of rotatable bonds is 5. The first-order chi connectivity index (χ1) is 6.74. The average molecular weight is 199 g/mol. The number of aliphatic hydroxyl groups excluding tert-OH is 1. The Hall–Kier alpha value is -0.540. The van der Waals surface area contributed by atoms with E-state index in [0.717, 1.165) is 19.4 Å². The quantitative estimate of drug-likeness (QED) is 0.701. The van der Waals surface area contributed by atoms with Crippen LogP contribution in [0.25, 0.3) is 0 Å². The molecule has 0 amide bonds. The highest BCUT2D eigenvalue weighted by atomic mass is 16.5. The van der Waals surface area contributed by atoms with Gasteiger partial charge in [-0.2, -0.15) is 0 Å². The van der Waals surface area contributed by atoms with Crippen molar-refractivity contribution in [3.05, 3.63) is 12.3 Å². The normalized spacial score (nSPS) is 23.6. The molecule has 2 N–H and O–H groups in total. The Morgan fingerprint density at radius 2 is 2.36 bits per heavy atom. The van der Waals surface area contributed by atoms with Crippen LogP contribution in [-0.2, 0) is 4.74 Å². The van der Waals surface area contributed by atoms with Crippen LogP contribution in [0.15, 0.2) is 12.3 Å². The average Bonchev–Trinajstić information content (AvgIpc) is 2.20. The standard InChI is InChI=1S/C11H21NO2/c1-9(2)11(8-13)12-7-10-5-3-4-6-14-10/h4,6,9-13H,3,5,7-8H2,1-2H3/t10?,11-/m1/s1. The van der Waals surface area contributed by atoms with Gasteiger partial charge in [0.15, 0.2) is 0 Å². The molecule has 14 heavy (non-hydrogen) atoms. The van der Waals surface area contributed by atoms with Crippen molar-refractivity contribution in [3.63, 3.8) is 0 Å². The summed E-state index contributed by atoms with van der Waals surface area (Å²) >= 11 is 0. The zero-order chi connectivity index (χ0) is 10.4. The third-order valence-corrected chi connectivity index (χ3v) is 2.63. The fourth-order valence-corrected chi connectivity index (χ4v) is 1.53. The molecule has 0 aromatic heterocycles. The molecule has 0 aromatic rings. The SMILES string of the molecule is CC(C)[C@@H](CO)NCC1CCC=CO1. The second kappa shape index (κ2) is 6.04. The first kappa shape index (κ1) is 11.5. The van der Waals surface area contributed by atoms with Crippen molar-refractivity contribution in [1.82, 2.24) is 5.32 Å². The maximum atomic E-state index is 9.11. The molecule has 1 aliphatic rings. The number of aliphatic hydroxyl groups is 1. The molecule has 1 aliphatic heterocycles. The van der Waals surface area contributed by atoms with E-state index >= 15 is 0 Å². The summed E-state index contributed by atoms with van der Waals surface area (Å²) in [6.07, 6.45) is 6.26. The molecule has 0 aliphatic carbocycles. The molecule has 1 unspecified atom stereocenters. The molecule has 0 saturated carbocycles. The molecule has 0 spiro atoms. The molecule has 2 atom stereocenters. The van der Waals surface area contributed by atoms with Gasteiger partial charge in [-0.1, -0.05) is 13.8 Å². The van der Waals surface area contributed by atoms with Crippen LogP contribution in [0.4, 0.5) is 0 Å². The van der Waals surface area contributed by atoms with Gasteiger partial charge in [0.05, 0.1) is 12.9 Å². The molecule has 0 saturated heterocycles. The Balaban J connectivity index is 2.20. The maximum Gasteiger partial charge on any atom is 0.110 e. The minimum atomic E-state index is 0.185. The van der Waals surface area contributed by atoms with E-state index in [1.807, 2.05) is 6.08 Å². The molecule has 0 fully saturated rings. The van der Waals surface area contributed by atoms with Gasteiger partial charge in [-0.05, 0) is 24.8 Å². The summed E-state index contributed by atoms with van der Waals surface area (Å²) < 4.78 is 5.43. The van der Waals surface area contributed by atoms with Crippen molar-refractivity contribution in [2.45, 2.75) is 38.8 Å². The molecule has 1 heterocycles. The first-order valence-corrected chi connectivity index (χ1v) is 5.38. The van der Waals surface area contributed by atoms with E-state index in [0.29, 0.717) is 5.92 Å². The van der Waals surface area contributed by atoms with Crippen molar-refractivity contribution >= 4 is 0 Å². The third kappa shape index (κ3) is 3.68. The van der Waals surface area contributed by atoms with E-state index in [2.05, 4.69) is 19.2 Å². The van der Waals surface area contributed by atoms with Gasteiger partial charge >= 0.3 is 0 Å². The Kier molecular flexibility index (Phi) is 4.98. The molecule has 0 aromatic carbocycles. The zero-order valence-electron chi connectivity index (χ0n) is 9.07. The topological polar surface area (TPSA) is 41.5 Å². The van der Waals surface area contributed by atoms with Crippen molar-refractivity contribution in [2.24, 2.45) is 5.92 Å². The van der Waals surface area contributed by atoms with Crippen LogP contribution in [-0.4, -0.2) is 30.4 Å². The fraction of sp³-hybridized carbons (Fsp3) is 0.818. The van der Waals surface area contributed by atoms with Gasteiger partial charge in [0.1, 0.15) is 6.10 Å². The zero-order valence-corrected chi connectivity index (χ0v) is 9.07. The summed E-state index contributed by atoms with van der Waals surface area (Å²) in [7, 11) is 0. The maximum absolute atomic E-state index is 9.11. The Labute approximate surface area is 86.2 Å². The van der Waals surface area contributed by atoms with E-state index < -0.39 is 0 Å². The summed E-state index contributed by atoms with van der Waals surface area (Å²) in [6, 6.07) is 0.185. The summed E-state index contributed by atoms with van der Waals surface area (Å²) in [5.74, 6) is 0.458. The lowest BCUT2D eigenvalue weighted by atomic mass is 10.0. The number of allylic oxidation sites excluding steroid dienone is 1.